The lowest BCUT2D eigenvalue weighted by molar-refractivity contribution is -0.134. The molecule has 11 heteroatoms. The van der Waals surface area contributed by atoms with Gasteiger partial charge in [-0.1, -0.05) is 23.7 Å². The third-order valence-corrected chi connectivity index (χ3v) is 8.43. The van der Waals surface area contributed by atoms with Gasteiger partial charge < -0.3 is 30.0 Å². The van der Waals surface area contributed by atoms with Crippen LogP contribution >= 0.6 is 11.6 Å². The average Bonchev–Trinajstić information content (AvgIpc) is 3.62. The van der Waals surface area contributed by atoms with Crippen LogP contribution < -0.4 is 20.1 Å². The van der Waals surface area contributed by atoms with Crippen LogP contribution in [0.3, 0.4) is 0 Å². The molecule has 2 fully saturated rings. The zero-order valence-electron chi connectivity index (χ0n) is 23.6. The summed E-state index contributed by atoms with van der Waals surface area (Å²) >= 11 is 6.39. The van der Waals surface area contributed by atoms with Gasteiger partial charge in [-0.05, 0) is 50.6 Å². The van der Waals surface area contributed by atoms with E-state index in [-0.39, 0.29) is 17.9 Å². The molecule has 2 saturated heterocycles. The molecule has 0 bridgehead atoms. The first kappa shape index (κ1) is 28.1. The van der Waals surface area contributed by atoms with Crippen LogP contribution in [0.1, 0.15) is 35.3 Å². The van der Waals surface area contributed by atoms with Crippen molar-refractivity contribution >= 4 is 34.8 Å². The molecule has 10 nitrogen and oxygen atoms in total. The van der Waals surface area contributed by atoms with E-state index in [0.717, 1.165) is 43.9 Å². The maximum Gasteiger partial charge on any atom is 0.255 e. The summed E-state index contributed by atoms with van der Waals surface area (Å²) in [5, 5.41) is 6.80. The van der Waals surface area contributed by atoms with E-state index >= 15 is 0 Å². The fraction of sp³-hybridized carbons (Fsp3) is 0.387. The van der Waals surface area contributed by atoms with Gasteiger partial charge in [0.1, 0.15) is 12.4 Å². The number of anilines is 2. The number of carbonyl (C=O) groups excluding carboxylic acids is 2. The van der Waals surface area contributed by atoms with Crippen LogP contribution in [-0.4, -0.2) is 84.1 Å². The van der Waals surface area contributed by atoms with E-state index in [1.165, 1.54) is 12.8 Å². The number of methoxy groups -OCH3 is 1. The first-order valence-electron chi connectivity index (χ1n) is 14.4. The van der Waals surface area contributed by atoms with Crippen LogP contribution in [0.25, 0.3) is 11.3 Å². The van der Waals surface area contributed by atoms with Crippen LogP contribution in [0.4, 0.5) is 11.4 Å². The lowest BCUT2D eigenvalue weighted by Gasteiger charge is -2.40. The number of hydrogen-bond donors (Lipinski definition) is 3. The highest BCUT2D eigenvalue weighted by molar-refractivity contribution is 6.32. The second kappa shape index (κ2) is 12.5. The Kier molecular flexibility index (Phi) is 8.34. The molecule has 220 valence electrons. The highest BCUT2D eigenvalue weighted by atomic mass is 35.5. The van der Waals surface area contributed by atoms with Crippen LogP contribution in [0, 0.1) is 0 Å². The Bertz CT molecular complexity index is 1500. The maximum atomic E-state index is 13.0. The van der Waals surface area contributed by atoms with Crippen molar-refractivity contribution in [3.05, 3.63) is 65.1 Å². The van der Waals surface area contributed by atoms with Gasteiger partial charge in [-0.15, -0.1) is 0 Å². The molecule has 42 heavy (non-hydrogen) atoms. The van der Waals surface area contributed by atoms with Crippen LogP contribution in [-0.2, 0) is 11.2 Å². The second-order valence-corrected chi connectivity index (χ2v) is 11.2. The number of amides is 2. The molecule has 3 aromatic rings. The number of hydrogen-bond acceptors (Lipinski definition) is 7. The Balaban J connectivity index is 1.23. The molecule has 0 radical (unpaired) electrons. The van der Waals surface area contributed by atoms with Gasteiger partial charge in [0.2, 0.25) is 5.91 Å². The summed E-state index contributed by atoms with van der Waals surface area (Å²) in [5.41, 5.74) is 4.04. The fourth-order valence-electron chi connectivity index (χ4n) is 5.81. The number of H-pyrrole nitrogens is 1. The van der Waals surface area contributed by atoms with Crippen molar-refractivity contribution in [1.82, 2.24) is 25.1 Å². The van der Waals surface area contributed by atoms with Crippen LogP contribution in [0.15, 0.2) is 48.8 Å². The SMILES string of the molecule is COc1c(Cl)cccc1Nc1c(-c2ccncc2OC[C@H]2CCN2C(=O)/C=C/CN2CCCC2)[nH]c2c1C(=O)NCC2. The summed E-state index contributed by atoms with van der Waals surface area (Å²) in [6.07, 6.45) is 11.0. The highest BCUT2D eigenvalue weighted by Crippen LogP contribution is 2.43. The Hall–Kier alpha value is -4.02. The molecular formula is C31H35ClN6O4. The lowest BCUT2D eigenvalue weighted by Crippen LogP contribution is -2.53. The number of nitrogens with zero attached hydrogens (tertiary/aromatic N) is 3. The number of ether oxygens (including phenoxy) is 2. The summed E-state index contributed by atoms with van der Waals surface area (Å²) in [7, 11) is 1.55. The normalized spacial score (nSPS) is 18.5. The van der Waals surface area contributed by atoms with E-state index in [1.807, 2.05) is 29.2 Å². The van der Waals surface area contributed by atoms with Crippen molar-refractivity contribution in [1.29, 1.82) is 0 Å². The van der Waals surface area contributed by atoms with E-state index in [2.05, 4.69) is 25.5 Å². The summed E-state index contributed by atoms with van der Waals surface area (Å²) in [6, 6.07) is 7.26. The number of halogens is 1. The average molecular weight is 591 g/mol. The number of rotatable bonds is 10. The molecule has 0 aliphatic carbocycles. The smallest absolute Gasteiger partial charge is 0.255 e. The van der Waals surface area contributed by atoms with Crippen molar-refractivity contribution in [3.63, 3.8) is 0 Å². The molecule has 5 heterocycles. The number of para-hydroxylation sites is 1. The molecule has 3 N–H and O–H groups in total. The Morgan fingerprint density at radius 1 is 1.24 bits per heavy atom. The number of benzene rings is 1. The van der Waals surface area contributed by atoms with Crippen LogP contribution in [0.5, 0.6) is 11.5 Å². The maximum absolute atomic E-state index is 13.0. The minimum absolute atomic E-state index is 0.0158. The van der Waals surface area contributed by atoms with E-state index in [0.29, 0.717) is 58.7 Å². The van der Waals surface area contributed by atoms with Crippen molar-refractivity contribution in [2.24, 2.45) is 0 Å². The predicted octanol–water partition coefficient (Wildman–Crippen LogP) is 4.40. The van der Waals surface area contributed by atoms with Gasteiger partial charge in [-0.3, -0.25) is 19.5 Å². The molecule has 3 aliphatic heterocycles. The zero-order chi connectivity index (χ0) is 29.1. The highest BCUT2D eigenvalue weighted by Gasteiger charge is 2.33. The van der Waals surface area contributed by atoms with E-state index in [9.17, 15) is 9.59 Å². The molecule has 0 spiro atoms. The molecule has 6 rings (SSSR count). The van der Waals surface area contributed by atoms with E-state index in [1.54, 1.807) is 31.6 Å². The first-order valence-corrected chi connectivity index (χ1v) is 14.8. The summed E-state index contributed by atoms with van der Waals surface area (Å²) in [4.78, 5) is 37.9. The van der Waals surface area contributed by atoms with E-state index in [4.69, 9.17) is 21.1 Å². The topological polar surface area (TPSA) is 112 Å². The molecule has 3 aliphatic rings. The van der Waals surface area contributed by atoms with Crippen molar-refractivity contribution in [3.8, 4) is 22.8 Å². The van der Waals surface area contributed by atoms with Gasteiger partial charge in [0, 0.05) is 49.6 Å². The summed E-state index contributed by atoms with van der Waals surface area (Å²) in [6.45, 7) is 4.62. The number of fused-ring (bicyclic) bond motifs is 1. The number of likely N-dealkylation sites (tertiary alicyclic amines) is 2. The quantitative estimate of drug-likeness (QED) is 0.300. The monoisotopic (exact) mass is 590 g/mol. The van der Waals surface area contributed by atoms with Gasteiger partial charge in [-0.25, -0.2) is 0 Å². The van der Waals surface area contributed by atoms with Crippen molar-refractivity contribution < 1.29 is 19.1 Å². The first-order chi connectivity index (χ1) is 20.5. The third-order valence-electron chi connectivity index (χ3n) is 8.13. The van der Waals surface area contributed by atoms with Gasteiger partial charge in [0.15, 0.2) is 5.75 Å². The van der Waals surface area contributed by atoms with Crippen LogP contribution in [0.2, 0.25) is 5.02 Å². The Morgan fingerprint density at radius 3 is 2.88 bits per heavy atom. The summed E-state index contributed by atoms with van der Waals surface area (Å²) < 4.78 is 11.9. The Morgan fingerprint density at radius 2 is 2.10 bits per heavy atom. The van der Waals surface area contributed by atoms with Gasteiger partial charge in [0.25, 0.3) is 5.91 Å². The lowest BCUT2D eigenvalue weighted by atomic mass is 10.0. The zero-order valence-corrected chi connectivity index (χ0v) is 24.4. The fourth-order valence-corrected chi connectivity index (χ4v) is 6.06. The van der Waals surface area contributed by atoms with Gasteiger partial charge in [0.05, 0.1) is 47.0 Å². The van der Waals surface area contributed by atoms with Crippen molar-refractivity contribution in [2.45, 2.75) is 31.7 Å². The number of nitrogens with one attached hydrogen (secondary N) is 3. The number of aromatic amines is 1. The number of carbonyl (C=O) groups is 2. The number of pyridine rings is 1. The van der Waals surface area contributed by atoms with Gasteiger partial charge >= 0.3 is 0 Å². The van der Waals surface area contributed by atoms with Gasteiger partial charge in [-0.2, -0.15) is 0 Å². The van der Waals surface area contributed by atoms with E-state index < -0.39 is 0 Å². The largest absolute Gasteiger partial charge is 0.493 e. The Labute approximate surface area is 250 Å². The molecular weight excluding hydrogens is 556 g/mol. The third kappa shape index (κ3) is 5.69. The molecule has 2 amide bonds. The molecule has 2 aromatic heterocycles. The summed E-state index contributed by atoms with van der Waals surface area (Å²) in [5.74, 6) is 0.888. The number of aromatic nitrogens is 2. The molecule has 0 unspecified atom stereocenters. The standard InChI is InChI=1S/C31H35ClN6O4/c1-41-30-22(32)6-4-7-24(30)36-29-27-23(10-13-34-31(27)40)35-28(29)21-9-12-33-18-25(21)42-19-20-11-17-38(20)26(39)8-5-16-37-14-2-3-15-37/h4-9,12,18,20,35-36H,2-3,10-11,13-17,19H2,1H3,(H,34,40)/b8-5+/t20-/m1/s1. The minimum atomic E-state index is -0.167. The van der Waals surface area contributed by atoms with Crippen molar-refractivity contribution in [2.75, 3.05) is 51.8 Å². The molecule has 1 aromatic carbocycles. The minimum Gasteiger partial charge on any atom is -0.493 e. The molecule has 0 saturated carbocycles. The molecule has 1 atom stereocenters. The predicted molar refractivity (Wildman–Crippen MR) is 162 cm³/mol. The second-order valence-electron chi connectivity index (χ2n) is 10.7.